The highest BCUT2D eigenvalue weighted by Gasteiger charge is 2.38. The summed E-state index contributed by atoms with van der Waals surface area (Å²) in [7, 11) is 3.05. The van der Waals surface area contributed by atoms with Gasteiger partial charge in [-0.25, -0.2) is 13.6 Å². The van der Waals surface area contributed by atoms with Crippen LogP contribution in [0.5, 0.6) is 5.75 Å². The fraction of sp³-hybridized carbons (Fsp3) is 0.657. The van der Waals surface area contributed by atoms with E-state index in [0.29, 0.717) is 0 Å². The zero-order chi connectivity index (χ0) is 36.7. The third-order valence-electron chi connectivity index (χ3n) is 9.31. The van der Waals surface area contributed by atoms with Crippen molar-refractivity contribution in [1.29, 1.82) is 0 Å². The summed E-state index contributed by atoms with van der Waals surface area (Å²) in [5.74, 6) is -3.27. The second-order valence-electron chi connectivity index (χ2n) is 14.0. The van der Waals surface area contributed by atoms with Gasteiger partial charge in [-0.1, -0.05) is 19.3 Å². The molecule has 1 aromatic heterocycles. The molecule has 4 amide bonds. The number of aliphatic hydroxyl groups excluding tert-OH is 1. The van der Waals surface area contributed by atoms with Crippen LogP contribution in [-0.4, -0.2) is 126 Å². The first-order valence-electron chi connectivity index (χ1n) is 17.3. The Labute approximate surface area is 291 Å². The van der Waals surface area contributed by atoms with Crippen molar-refractivity contribution in [2.45, 2.75) is 77.5 Å². The van der Waals surface area contributed by atoms with Gasteiger partial charge in [0, 0.05) is 51.7 Å². The standard InChI is InChI=1S/C35H51F2N5O8/c1-22(39(5)34(47)50-35(2,3)4)31(44)38-28(23-10-8-7-9-11-23)32(45)41-12-14-42(15-13-41)33(46)29-30(49-19-18-48-17-16-43)24-20-25(36)26(37)21-27(24)40(29)6/h20-23,28,43H,7-19H2,1-6H3,(H,38,44). The van der Waals surface area contributed by atoms with Crippen LogP contribution in [0.25, 0.3) is 10.9 Å². The Morgan fingerprint density at radius 1 is 0.980 bits per heavy atom. The minimum atomic E-state index is -1.08. The number of hydrogen-bond donors (Lipinski definition) is 2. The summed E-state index contributed by atoms with van der Waals surface area (Å²) in [4.78, 5) is 58.5. The number of ether oxygens (including phenoxy) is 3. The zero-order valence-electron chi connectivity index (χ0n) is 29.9. The fourth-order valence-corrected chi connectivity index (χ4v) is 6.42. The van der Waals surface area contributed by atoms with Crippen molar-refractivity contribution in [2.24, 2.45) is 13.0 Å². The molecule has 278 valence electrons. The van der Waals surface area contributed by atoms with Gasteiger partial charge in [0.05, 0.1) is 25.3 Å². The second kappa shape index (κ2) is 16.8. The summed E-state index contributed by atoms with van der Waals surface area (Å²) in [5, 5.41) is 12.1. The SMILES string of the molecule is CC(C(=O)NC(C(=O)N1CCN(C(=O)c2c(OCCOCCO)c3cc(F)c(F)cc3n2C)CC1)C1CCCCC1)N(C)C(=O)OC(C)(C)C. The Hall–Kier alpha value is -3.98. The third-order valence-corrected chi connectivity index (χ3v) is 9.31. The summed E-state index contributed by atoms with van der Waals surface area (Å²) in [6.07, 6.45) is 3.85. The van der Waals surface area contributed by atoms with Crippen LogP contribution in [0.3, 0.4) is 0 Å². The molecule has 0 radical (unpaired) electrons. The maximum absolute atomic E-state index is 14.3. The predicted octanol–water partition coefficient (Wildman–Crippen LogP) is 3.45. The topological polar surface area (TPSA) is 143 Å². The lowest BCUT2D eigenvalue weighted by Crippen LogP contribution is -2.59. The largest absolute Gasteiger partial charge is 0.488 e. The maximum Gasteiger partial charge on any atom is 0.410 e. The number of nitrogens with zero attached hydrogens (tertiary/aromatic N) is 4. The lowest BCUT2D eigenvalue weighted by atomic mass is 9.83. The molecule has 2 fully saturated rings. The van der Waals surface area contributed by atoms with Crippen LogP contribution < -0.4 is 10.1 Å². The van der Waals surface area contributed by atoms with Crippen LogP contribution in [0.4, 0.5) is 13.6 Å². The number of halogens is 2. The predicted molar refractivity (Wildman–Crippen MR) is 181 cm³/mol. The molecule has 15 heteroatoms. The number of likely N-dealkylation sites (N-methyl/N-ethyl adjacent to an activating group) is 1. The van der Waals surface area contributed by atoms with E-state index in [1.807, 2.05) is 0 Å². The molecule has 1 aromatic carbocycles. The van der Waals surface area contributed by atoms with Gasteiger partial charge >= 0.3 is 6.09 Å². The number of carbonyl (C=O) groups is 4. The zero-order valence-corrected chi connectivity index (χ0v) is 29.9. The van der Waals surface area contributed by atoms with Crippen LogP contribution in [-0.2, 0) is 26.1 Å². The molecule has 1 aliphatic carbocycles. The van der Waals surface area contributed by atoms with E-state index in [0.717, 1.165) is 44.2 Å². The van der Waals surface area contributed by atoms with Crippen molar-refractivity contribution < 1.29 is 47.3 Å². The molecule has 2 unspecified atom stereocenters. The lowest BCUT2D eigenvalue weighted by molar-refractivity contribution is -0.140. The van der Waals surface area contributed by atoms with Gasteiger partial charge in [-0.15, -0.1) is 0 Å². The molecule has 13 nitrogen and oxygen atoms in total. The number of aryl methyl sites for hydroxylation is 1. The Kier molecular flexibility index (Phi) is 13.1. The van der Waals surface area contributed by atoms with Gasteiger partial charge in [0.2, 0.25) is 11.8 Å². The quantitative estimate of drug-likeness (QED) is 0.320. The number of piperazine rings is 1. The molecule has 2 heterocycles. The highest BCUT2D eigenvalue weighted by Crippen LogP contribution is 2.35. The number of rotatable bonds is 12. The van der Waals surface area contributed by atoms with E-state index in [1.165, 1.54) is 16.5 Å². The average molecular weight is 708 g/mol. The maximum atomic E-state index is 14.3. The van der Waals surface area contributed by atoms with Gasteiger partial charge in [-0.05, 0) is 52.5 Å². The molecular formula is C35H51F2N5O8. The van der Waals surface area contributed by atoms with E-state index in [2.05, 4.69) is 5.32 Å². The van der Waals surface area contributed by atoms with Gasteiger partial charge in [0.1, 0.15) is 24.3 Å². The van der Waals surface area contributed by atoms with E-state index in [1.54, 1.807) is 44.5 Å². The van der Waals surface area contributed by atoms with Crippen LogP contribution in [0, 0.1) is 17.6 Å². The van der Waals surface area contributed by atoms with Crippen molar-refractivity contribution in [3.8, 4) is 5.75 Å². The highest BCUT2D eigenvalue weighted by atomic mass is 19.2. The Balaban J connectivity index is 1.48. The van der Waals surface area contributed by atoms with E-state index in [9.17, 15) is 28.0 Å². The van der Waals surface area contributed by atoms with Crippen molar-refractivity contribution in [3.63, 3.8) is 0 Å². The number of aromatic nitrogens is 1. The van der Waals surface area contributed by atoms with Crippen molar-refractivity contribution in [2.75, 3.05) is 59.7 Å². The molecule has 2 aliphatic rings. The normalized spacial score (nSPS) is 17.0. The van der Waals surface area contributed by atoms with Crippen LogP contribution in [0.15, 0.2) is 12.1 Å². The minimum absolute atomic E-state index is 0.00112. The summed E-state index contributed by atoms with van der Waals surface area (Å²) in [6, 6.07) is 0.321. The molecule has 50 heavy (non-hydrogen) atoms. The molecule has 0 spiro atoms. The summed E-state index contributed by atoms with van der Waals surface area (Å²) in [5.41, 5.74) is -0.369. The van der Waals surface area contributed by atoms with Gasteiger partial charge in [0.25, 0.3) is 5.91 Å². The number of hydrogen-bond acceptors (Lipinski definition) is 8. The highest BCUT2D eigenvalue weighted by molar-refractivity contribution is 6.04. The Morgan fingerprint density at radius 2 is 1.60 bits per heavy atom. The third kappa shape index (κ3) is 9.22. The molecule has 2 atom stereocenters. The first-order chi connectivity index (χ1) is 23.6. The van der Waals surface area contributed by atoms with Crippen molar-refractivity contribution >= 4 is 34.7 Å². The Bertz CT molecular complexity index is 1530. The molecule has 1 saturated heterocycles. The number of nitrogens with one attached hydrogen (secondary N) is 1. The van der Waals surface area contributed by atoms with E-state index in [4.69, 9.17) is 19.3 Å². The molecule has 1 saturated carbocycles. The van der Waals surface area contributed by atoms with Gasteiger partial charge < -0.3 is 39.0 Å². The number of amides is 4. The molecule has 4 rings (SSSR count). The molecule has 0 bridgehead atoms. The summed E-state index contributed by atoms with van der Waals surface area (Å²) < 4.78 is 46.6. The smallest absolute Gasteiger partial charge is 0.410 e. The lowest BCUT2D eigenvalue weighted by Gasteiger charge is -2.39. The number of aliphatic hydroxyl groups is 1. The van der Waals surface area contributed by atoms with E-state index >= 15 is 0 Å². The molecule has 2 aromatic rings. The molecule has 2 N–H and O–H groups in total. The van der Waals surface area contributed by atoms with Crippen molar-refractivity contribution in [3.05, 3.63) is 29.5 Å². The summed E-state index contributed by atoms with van der Waals surface area (Å²) >= 11 is 0. The number of benzene rings is 1. The van der Waals surface area contributed by atoms with Gasteiger partial charge in [-0.3, -0.25) is 19.3 Å². The van der Waals surface area contributed by atoms with Gasteiger partial charge in [0.15, 0.2) is 23.1 Å². The minimum Gasteiger partial charge on any atom is -0.488 e. The van der Waals surface area contributed by atoms with Crippen LogP contribution >= 0.6 is 0 Å². The van der Waals surface area contributed by atoms with E-state index in [-0.39, 0.29) is 86.8 Å². The molecule has 1 aliphatic heterocycles. The first kappa shape index (κ1) is 38.8. The number of carbonyl (C=O) groups excluding carboxylic acids is 4. The van der Waals surface area contributed by atoms with Gasteiger partial charge in [-0.2, -0.15) is 0 Å². The Morgan fingerprint density at radius 3 is 2.22 bits per heavy atom. The average Bonchev–Trinajstić information content (AvgIpc) is 3.34. The second-order valence-corrected chi connectivity index (χ2v) is 14.0. The summed E-state index contributed by atoms with van der Waals surface area (Å²) in [6.45, 7) is 7.60. The number of fused-ring (bicyclic) bond motifs is 1. The fourth-order valence-electron chi connectivity index (χ4n) is 6.42. The van der Waals surface area contributed by atoms with E-state index < -0.39 is 47.2 Å². The van der Waals surface area contributed by atoms with Crippen LogP contribution in [0.2, 0.25) is 0 Å². The first-order valence-corrected chi connectivity index (χ1v) is 17.3. The monoisotopic (exact) mass is 707 g/mol. The van der Waals surface area contributed by atoms with Crippen LogP contribution in [0.1, 0.15) is 70.3 Å². The van der Waals surface area contributed by atoms with Crippen molar-refractivity contribution in [1.82, 2.24) is 24.6 Å². The molecular weight excluding hydrogens is 656 g/mol.